The molecule has 1 heterocycles. The van der Waals surface area contributed by atoms with Gasteiger partial charge in [-0.05, 0) is 89.4 Å². The molecule has 0 spiro atoms. The third kappa shape index (κ3) is 9.19. The Balaban J connectivity index is 1.56. The van der Waals surface area contributed by atoms with Gasteiger partial charge in [0, 0.05) is 16.7 Å². The summed E-state index contributed by atoms with van der Waals surface area (Å²) in [7, 11) is 0. The highest BCUT2D eigenvalue weighted by atomic mass is 127. The fourth-order valence-electron chi connectivity index (χ4n) is 4.98. The van der Waals surface area contributed by atoms with Crippen molar-refractivity contribution in [2.75, 3.05) is 19.7 Å². The van der Waals surface area contributed by atoms with Crippen LogP contribution >= 0.6 is 22.6 Å². The fraction of sp³-hybridized carbons (Fsp3) is 0.516. The van der Waals surface area contributed by atoms with Gasteiger partial charge in [0.25, 0.3) is 0 Å². The largest absolute Gasteiger partial charge is 0.492 e. The Labute approximate surface area is 250 Å². The first-order valence-electron chi connectivity index (χ1n) is 14.4. The summed E-state index contributed by atoms with van der Waals surface area (Å²) >= 11 is 2.26. The molecule has 1 saturated carbocycles. The minimum absolute atomic E-state index is 0.155. The lowest BCUT2D eigenvalue weighted by molar-refractivity contribution is -0.133. The zero-order chi connectivity index (χ0) is 28.5. The predicted octanol–water partition coefficient (Wildman–Crippen LogP) is 3.36. The molecule has 3 atom stereocenters. The lowest BCUT2D eigenvalue weighted by atomic mass is 10.00. The highest BCUT2D eigenvalue weighted by Gasteiger charge is 2.34. The Morgan fingerprint density at radius 3 is 2.48 bits per heavy atom. The number of hydrogen-bond donors (Lipinski definition) is 4. The predicted molar refractivity (Wildman–Crippen MR) is 164 cm³/mol. The summed E-state index contributed by atoms with van der Waals surface area (Å²) in [5.41, 5.74) is 2.10. The number of aryl methyl sites for hydroxylation is 1. The van der Waals surface area contributed by atoms with Gasteiger partial charge in [-0.1, -0.05) is 57.0 Å². The first-order valence-corrected chi connectivity index (χ1v) is 15.4. The number of halogens is 1. The SMILES string of the molecule is CC(C)[C@H]1NC(=O)[C@@H](Cc2cccc(I)c2)NCCOc2ccccc2CCCNC(=O)[C@H](CC2CC2)NC1=O. The second kappa shape index (κ2) is 14.8. The molecule has 2 aromatic rings. The van der Waals surface area contributed by atoms with E-state index in [1.165, 1.54) is 0 Å². The van der Waals surface area contributed by atoms with Crippen LogP contribution < -0.4 is 26.0 Å². The van der Waals surface area contributed by atoms with Crippen LogP contribution in [-0.2, 0) is 27.2 Å². The summed E-state index contributed by atoms with van der Waals surface area (Å²) in [6, 6.07) is 14.0. The molecule has 3 amide bonds. The van der Waals surface area contributed by atoms with Crippen LogP contribution in [0.25, 0.3) is 0 Å². The van der Waals surface area contributed by atoms with E-state index in [9.17, 15) is 14.4 Å². The highest BCUT2D eigenvalue weighted by molar-refractivity contribution is 14.1. The Hall–Kier alpha value is -2.66. The van der Waals surface area contributed by atoms with E-state index in [2.05, 4.69) is 49.9 Å². The molecule has 2 aromatic carbocycles. The second-order valence-electron chi connectivity index (χ2n) is 11.2. The average molecular weight is 661 g/mol. The van der Waals surface area contributed by atoms with Crippen LogP contribution in [0.2, 0.25) is 0 Å². The van der Waals surface area contributed by atoms with E-state index in [-0.39, 0.29) is 23.6 Å². The molecular formula is C31H41IN4O4. The van der Waals surface area contributed by atoms with Gasteiger partial charge >= 0.3 is 0 Å². The number of hydrogen-bond acceptors (Lipinski definition) is 5. The van der Waals surface area contributed by atoms with Crippen molar-refractivity contribution in [1.82, 2.24) is 21.3 Å². The number of carbonyl (C=O) groups excluding carboxylic acids is 3. The van der Waals surface area contributed by atoms with Crippen LogP contribution in [0, 0.1) is 15.4 Å². The Bertz CT molecular complexity index is 1170. The van der Waals surface area contributed by atoms with Gasteiger partial charge in [-0.25, -0.2) is 0 Å². The van der Waals surface area contributed by atoms with Crippen molar-refractivity contribution in [1.29, 1.82) is 0 Å². The molecule has 4 N–H and O–H groups in total. The van der Waals surface area contributed by atoms with E-state index in [1.807, 2.05) is 56.3 Å². The van der Waals surface area contributed by atoms with Gasteiger partial charge in [-0.2, -0.15) is 0 Å². The Kier molecular flexibility index (Phi) is 11.2. The molecule has 0 saturated heterocycles. The zero-order valence-corrected chi connectivity index (χ0v) is 25.5. The molecule has 4 rings (SSSR count). The van der Waals surface area contributed by atoms with Crippen molar-refractivity contribution in [3.63, 3.8) is 0 Å². The minimum Gasteiger partial charge on any atom is -0.492 e. The standard InChI is InChI=1S/C31H41IN4O4/c1-20(2)28-31(39)35-26(18-21-12-13-21)29(37)34-14-6-9-23-8-3-4-11-27(23)40-16-15-33-25(30(38)36-28)19-22-7-5-10-24(32)17-22/h3-5,7-8,10-11,17,20-21,25-26,28,33H,6,9,12-16,18-19H2,1-2H3,(H,34,37)(H,35,39)(H,36,38)/t25-,26+,28-/m1/s1. The maximum absolute atomic E-state index is 13.6. The molecule has 1 aliphatic carbocycles. The van der Waals surface area contributed by atoms with E-state index in [0.29, 0.717) is 38.5 Å². The monoisotopic (exact) mass is 660 g/mol. The molecule has 0 aromatic heterocycles. The van der Waals surface area contributed by atoms with E-state index in [0.717, 1.165) is 46.1 Å². The quantitative estimate of drug-likeness (QED) is 0.368. The molecule has 216 valence electrons. The summed E-state index contributed by atoms with van der Waals surface area (Å²) in [5.74, 6) is 0.365. The van der Waals surface area contributed by atoms with E-state index in [4.69, 9.17) is 4.74 Å². The van der Waals surface area contributed by atoms with Crippen molar-refractivity contribution in [2.24, 2.45) is 11.8 Å². The first kappa shape index (κ1) is 30.3. The van der Waals surface area contributed by atoms with Crippen LogP contribution in [0.1, 0.15) is 50.7 Å². The smallest absolute Gasteiger partial charge is 0.243 e. The second-order valence-corrected chi connectivity index (χ2v) is 12.4. The summed E-state index contributed by atoms with van der Waals surface area (Å²) in [6.07, 6.45) is 4.76. The maximum Gasteiger partial charge on any atom is 0.243 e. The van der Waals surface area contributed by atoms with Gasteiger partial charge in [0.15, 0.2) is 0 Å². The number of ether oxygens (including phenoxy) is 1. The fourth-order valence-corrected chi connectivity index (χ4v) is 5.59. The number of nitrogens with one attached hydrogen (secondary N) is 4. The van der Waals surface area contributed by atoms with Crippen LogP contribution in [0.5, 0.6) is 5.75 Å². The van der Waals surface area contributed by atoms with Crippen LogP contribution in [-0.4, -0.2) is 55.5 Å². The molecule has 1 aliphatic heterocycles. The van der Waals surface area contributed by atoms with Gasteiger partial charge in [-0.15, -0.1) is 0 Å². The normalized spacial score (nSPS) is 23.6. The molecular weight excluding hydrogens is 619 g/mol. The third-order valence-corrected chi connectivity index (χ3v) is 8.11. The molecule has 0 bridgehead atoms. The lowest BCUT2D eigenvalue weighted by Gasteiger charge is -2.27. The number of amides is 3. The number of rotatable bonds is 5. The highest BCUT2D eigenvalue weighted by Crippen LogP contribution is 2.33. The summed E-state index contributed by atoms with van der Waals surface area (Å²) in [4.78, 5) is 40.2. The molecule has 1 fully saturated rings. The van der Waals surface area contributed by atoms with Gasteiger partial charge in [0.2, 0.25) is 17.7 Å². The van der Waals surface area contributed by atoms with E-state index >= 15 is 0 Å². The van der Waals surface area contributed by atoms with Crippen molar-refractivity contribution in [2.45, 2.75) is 70.5 Å². The van der Waals surface area contributed by atoms with Crippen molar-refractivity contribution < 1.29 is 19.1 Å². The van der Waals surface area contributed by atoms with E-state index < -0.39 is 18.1 Å². The molecule has 9 heteroatoms. The molecule has 2 aliphatic rings. The van der Waals surface area contributed by atoms with Gasteiger partial charge < -0.3 is 26.0 Å². The summed E-state index contributed by atoms with van der Waals surface area (Å²) in [6.45, 7) is 5.17. The number of carbonyl (C=O) groups is 3. The minimum atomic E-state index is -0.760. The van der Waals surface area contributed by atoms with Crippen LogP contribution in [0.3, 0.4) is 0 Å². The topological polar surface area (TPSA) is 109 Å². The third-order valence-electron chi connectivity index (χ3n) is 7.44. The Morgan fingerprint density at radius 1 is 0.925 bits per heavy atom. The summed E-state index contributed by atoms with van der Waals surface area (Å²) in [5, 5.41) is 12.3. The van der Waals surface area contributed by atoms with Crippen LogP contribution in [0.15, 0.2) is 48.5 Å². The molecule has 8 nitrogen and oxygen atoms in total. The van der Waals surface area contributed by atoms with Gasteiger partial charge in [-0.3, -0.25) is 14.4 Å². The van der Waals surface area contributed by atoms with Gasteiger partial charge in [0.05, 0.1) is 6.04 Å². The van der Waals surface area contributed by atoms with Crippen molar-refractivity contribution >= 4 is 40.3 Å². The van der Waals surface area contributed by atoms with Gasteiger partial charge in [0.1, 0.15) is 24.4 Å². The number of para-hydroxylation sites is 1. The first-order chi connectivity index (χ1) is 19.3. The number of benzene rings is 2. The van der Waals surface area contributed by atoms with Crippen molar-refractivity contribution in [3.05, 3.63) is 63.2 Å². The summed E-state index contributed by atoms with van der Waals surface area (Å²) < 4.78 is 7.20. The van der Waals surface area contributed by atoms with E-state index in [1.54, 1.807) is 0 Å². The molecule has 0 unspecified atom stereocenters. The van der Waals surface area contributed by atoms with Crippen LogP contribution in [0.4, 0.5) is 0 Å². The zero-order valence-electron chi connectivity index (χ0n) is 23.4. The molecule has 0 radical (unpaired) electrons. The average Bonchev–Trinajstić information content (AvgIpc) is 3.75. The van der Waals surface area contributed by atoms with Crippen molar-refractivity contribution in [3.8, 4) is 5.75 Å². The lowest BCUT2D eigenvalue weighted by Crippen LogP contribution is -2.58. The molecule has 40 heavy (non-hydrogen) atoms. The maximum atomic E-state index is 13.6. The Morgan fingerprint density at radius 2 is 1.73 bits per heavy atom. The number of fused-ring (bicyclic) bond motifs is 1.